The van der Waals surface area contributed by atoms with E-state index in [0.717, 1.165) is 39.8 Å². The first-order chi connectivity index (χ1) is 18.3. The molecule has 0 bridgehead atoms. The second kappa shape index (κ2) is 10.3. The van der Waals surface area contributed by atoms with Gasteiger partial charge < -0.3 is 9.40 Å². The highest BCUT2D eigenvalue weighted by Crippen LogP contribution is 2.33. The van der Waals surface area contributed by atoms with Crippen molar-refractivity contribution < 1.29 is 4.42 Å². The highest BCUT2D eigenvalue weighted by molar-refractivity contribution is 5.81. The van der Waals surface area contributed by atoms with E-state index in [0.29, 0.717) is 24.5 Å². The summed E-state index contributed by atoms with van der Waals surface area (Å²) >= 11 is 0. The van der Waals surface area contributed by atoms with Crippen LogP contribution in [-0.2, 0) is 18.6 Å². The molecule has 4 heterocycles. The molecule has 0 radical (unpaired) electrons. The van der Waals surface area contributed by atoms with Crippen molar-refractivity contribution in [2.45, 2.75) is 65.7 Å². The van der Waals surface area contributed by atoms with Gasteiger partial charge in [-0.3, -0.25) is 14.7 Å². The molecular weight excluding hydrogens is 478 g/mol. The Kier molecular flexibility index (Phi) is 6.94. The molecule has 196 valence electrons. The second-order valence-corrected chi connectivity index (χ2v) is 10.4. The summed E-state index contributed by atoms with van der Waals surface area (Å²) in [6, 6.07) is 13.3. The fourth-order valence-electron chi connectivity index (χ4n) is 4.71. The molecule has 5 rings (SSSR count). The number of hydrogen-bond acceptors (Lipinski definition) is 7. The van der Waals surface area contributed by atoms with Crippen molar-refractivity contribution >= 4 is 10.9 Å². The zero-order chi connectivity index (χ0) is 26.9. The minimum Gasteiger partial charge on any atom is -0.468 e. The van der Waals surface area contributed by atoms with Crippen molar-refractivity contribution in [3.8, 4) is 0 Å². The summed E-state index contributed by atoms with van der Waals surface area (Å²) in [5.41, 5.74) is 4.12. The van der Waals surface area contributed by atoms with Gasteiger partial charge in [0.05, 0.1) is 18.3 Å². The van der Waals surface area contributed by atoms with Crippen LogP contribution in [0.5, 0.6) is 0 Å². The normalized spacial score (nSPS) is 12.9. The van der Waals surface area contributed by atoms with Crippen LogP contribution >= 0.6 is 0 Å². The third kappa shape index (κ3) is 5.02. The lowest BCUT2D eigenvalue weighted by Gasteiger charge is -2.33. The summed E-state index contributed by atoms with van der Waals surface area (Å²) in [6.07, 6.45) is 6.05. The number of rotatable bonds is 9. The molecule has 0 saturated carbocycles. The average molecular weight is 512 g/mol. The summed E-state index contributed by atoms with van der Waals surface area (Å²) in [5, 5.41) is 13.9. The minimum absolute atomic E-state index is 0.176. The SMILES string of the molecule is CCC(C)(C)n1nnnc1C(c1cc2cc(C)c(C)cc2[nH]c1=O)N(Cc1cccnc1)Cc1ccco1. The smallest absolute Gasteiger partial charge is 0.253 e. The van der Waals surface area contributed by atoms with Crippen molar-refractivity contribution in [1.29, 1.82) is 0 Å². The molecule has 0 fully saturated rings. The van der Waals surface area contributed by atoms with Gasteiger partial charge in [0.25, 0.3) is 5.56 Å². The van der Waals surface area contributed by atoms with Crippen LogP contribution < -0.4 is 5.56 Å². The van der Waals surface area contributed by atoms with Crippen molar-refractivity contribution in [2.24, 2.45) is 0 Å². The Bertz CT molecular complexity index is 1590. The average Bonchev–Trinajstić information content (AvgIpc) is 3.59. The Morgan fingerprint density at radius 2 is 1.92 bits per heavy atom. The topological polar surface area (TPSA) is 106 Å². The molecule has 1 unspecified atom stereocenters. The van der Waals surface area contributed by atoms with E-state index in [4.69, 9.17) is 4.42 Å². The molecule has 9 nitrogen and oxygen atoms in total. The van der Waals surface area contributed by atoms with Crippen molar-refractivity contribution in [3.63, 3.8) is 0 Å². The van der Waals surface area contributed by atoms with Crippen LogP contribution in [0.25, 0.3) is 10.9 Å². The predicted molar refractivity (Wildman–Crippen MR) is 146 cm³/mol. The Hall–Kier alpha value is -4.11. The minimum atomic E-state index is -0.559. The molecule has 0 aliphatic heterocycles. The number of aryl methyl sites for hydroxylation is 2. The van der Waals surface area contributed by atoms with Crippen molar-refractivity contribution in [2.75, 3.05) is 0 Å². The highest BCUT2D eigenvalue weighted by atomic mass is 16.3. The van der Waals surface area contributed by atoms with Gasteiger partial charge in [0.1, 0.15) is 11.8 Å². The van der Waals surface area contributed by atoms with Gasteiger partial charge in [0.15, 0.2) is 5.82 Å². The third-order valence-corrected chi connectivity index (χ3v) is 7.37. The summed E-state index contributed by atoms with van der Waals surface area (Å²) in [7, 11) is 0. The molecule has 1 atom stereocenters. The van der Waals surface area contributed by atoms with Crippen LogP contribution in [0.2, 0.25) is 0 Å². The molecule has 9 heteroatoms. The number of fused-ring (bicyclic) bond motifs is 1. The first kappa shape index (κ1) is 25.5. The summed E-state index contributed by atoms with van der Waals surface area (Å²) in [4.78, 5) is 23.4. The van der Waals surface area contributed by atoms with Crippen LogP contribution in [0.1, 0.15) is 67.1 Å². The highest BCUT2D eigenvalue weighted by Gasteiger charge is 2.35. The number of nitrogens with one attached hydrogen (secondary N) is 1. The van der Waals surface area contributed by atoms with E-state index in [1.165, 1.54) is 0 Å². The van der Waals surface area contributed by atoms with E-state index in [1.807, 2.05) is 54.2 Å². The molecule has 4 aromatic heterocycles. The second-order valence-electron chi connectivity index (χ2n) is 10.4. The van der Waals surface area contributed by atoms with Crippen molar-refractivity contribution in [1.82, 2.24) is 35.1 Å². The zero-order valence-corrected chi connectivity index (χ0v) is 22.5. The number of pyridine rings is 2. The van der Waals surface area contributed by atoms with Gasteiger partial charge in [-0.1, -0.05) is 13.0 Å². The summed E-state index contributed by atoms with van der Waals surface area (Å²) < 4.78 is 7.60. The number of aromatic nitrogens is 6. The third-order valence-electron chi connectivity index (χ3n) is 7.37. The molecular formula is C29H33N7O2. The number of aromatic amines is 1. The number of benzene rings is 1. The summed E-state index contributed by atoms with van der Waals surface area (Å²) in [6.45, 7) is 11.4. The van der Waals surface area contributed by atoms with Gasteiger partial charge in [-0.2, -0.15) is 0 Å². The van der Waals surface area contributed by atoms with E-state index < -0.39 is 6.04 Å². The molecule has 0 aliphatic rings. The molecule has 1 aromatic carbocycles. The summed E-state index contributed by atoms with van der Waals surface area (Å²) in [5.74, 6) is 1.37. The van der Waals surface area contributed by atoms with Crippen LogP contribution in [0.3, 0.4) is 0 Å². The molecule has 5 aromatic rings. The van der Waals surface area contributed by atoms with Crippen molar-refractivity contribution in [3.05, 3.63) is 105 Å². The number of tetrazole rings is 1. The van der Waals surface area contributed by atoms with Gasteiger partial charge in [-0.05, 0) is 103 Å². The van der Waals surface area contributed by atoms with Crippen LogP contribution in [-0.4, -0.2) is 35.1 Å². The standard InChI is InChI=1S/C29H33N7O2/c1-6-29(4,5)36-27(32-33-34-36)26(24-15-22-13-19(2)20(3)14-25(22)31-28(24)37)35(18-23-10-8-12-38-23)17-21-9-7-11-30-16-21/h7-16,26H,6,17-18H2,1-5H3,(H,31,37). The Morgan fingerprint density at radius 3 is 2.63 bits per heavy atom. The van der Waals surface area contributed by atoms with E-state index >= 15 is 0 Å². The van der Waals surface area contributed by atoms with Gasteiger partial charge in [0.2, 0.25) is 0 Å². The number of hydrogen-bond donors (Lipinski definition) is 1. The lowest BCUT2D eigenvalue weighted by atomic mass is 9.98. The van der Waals surface area contributed by atoms with Gasteiger partial charge in [-0.15, -0.1) is 5.10 Å². The molecule has 0 saturated heterocycles. The monoisotopic (exact) mass is 511 g/mol. The molecule has 0 spiro atoms. The fraction of sp³-hybridized carbons (Fsp3) is 0.345. The fourth-order valence-corrected chi connectivity index (χ4v) is 4.71. The van der Waals surface area contributed by atoms with Crippen LogP contribution in [0.4, 0.5) is 0 Å². The van der Waals surface area contributed by atoms with Gasteiger partial charge in [-0.25, -0.2) is 4.68 Å². The van der Waals surface area contributed by atoms with E-state index in [9.17, 15) is 4.79 Å². The van der Waals surface area contributed by atoms with Gasteiger partial charge >= 0.3 is 0 Å². The van der Waals surface area contributed by atoms with Crippen LogP contribution in [0, 0.1) is 13.8 Å². The first-order valence-electron chi connectivity index (χ1n) is 12.8. The quantitative estimate of drug-likeness (QED) is 0.295. The Labute approximate surface area is 221 Å². The van der Waals surface area contributed by atoms with E-state index in [-0.39, 0.29) is 11.1 Å². The molecule has 0 amide bonds. The zero-order valence-electron chi connectivity index (χ0n) is 22.5. The number of H-pyrrole nitrogens is 1. The Morgan fingerprint density at radius 1 is 1.11 bits per heavy atom. The van der Waals surface area contributed by atoms with Gasteiger partial charge in [0, 0.05) is 30.0 Å². The lowest BCUT2D eigenvalue weighted by molar-refractivity contribution is 0.168. The van der Waals surface area contributed by atoms with E-state index in [2.05, 4.69) is 64.2 Å². The molecule has 0 aliphatic carbocycles. The predicted octanol–water partition coefficient (Wildman–Crippen LogP) is 5.06. The van der Waals surface area contributed by atoms with E-state index in [1.54, 1.807) is 12.5 Å². The van der Waals surface area contributed by atoms with Crippen LogP contribution in [0.15, 0.2) is 70.3 Å². The molecule has 1 N–H and O–H groups in total. The maximum absolute atomic E-state index is 13.8. The largest absolute Gasteiger partial charge is 0.468 e. The number of nitrogens with zero attached hydrogens (tertiary/aromatic N) is 6. The maximum Gasteiger partial charge on any atom is 0.253 e. The molecule has 38 heavy (non-hydrogen) atoms. The first-order valence-corrected chi connectivity index (χ1v) is 12.8. The maximum atomic E-state index is 13.8. The lowest BCUT2D eigenvalue weighted by Crippen LogP contribution is -2.38. The number of furan rings is 1. The Balaban J connectivity index is 1.74.